The smallest absolute Gasteiger partial charge is 0.233 e. The van der Waals surface area contributed by atoms with E-state index in [1.54, 1.807) is 38.7 Å². The number of fused-ring (bicyclic) bond motifs is 1. The first-order chi connectivity index (χ1) is 14.5. The maximum atomic E-state index is 12.7. The van der Waals surface area contributed by atoms with Gasteiger partial charge in [0.1, 0.15) is 0 Å². The van der Waals surface area contributed by atoms with Gasteiger partial charge < -0.3 is 14.4 Å². The number of hydrogen-bond donors (Lipinski definition) is 0. The van der Waals surface area contributed by atoms with Crippen LogP contribution < -0.4 is 9.47 Å². The molecule has 1 aromatic heterocycles. The third-order valence-corrected chi connectivity index (χ3v) is 5.44. The van der Waals surface area contributed by atoms with E-state index in [-0.39, 0.29) is 24.7 Å². The van der Waals surface area contributed by atoms with Crippen LogP contribution in [0.5, 0.6) is 11.5 Å². The zero-order valence-corrected chi connectivity index (χ0v) is 17.9. The van der Waals surface area contributed by atoms with Crippen LogP contribution in [-0.4, -0.2) is 67.5 Å². The van der Waals surface area contributed by atoms with E-state index in [2.05, 4.69) is 16.9 Å². The molecule has 1 aromatic carbocycles. The van der Waals surface area contributed by atoms with E-state index in [1.165, 1.54) is 10.5 Å². The van der Waals surface area contributed by atoms with E-state index in [4.69, 9.17) is 9.47 Å². The number of amides is 2. The third kappa shape index (κ3) is 5.36. The van der Waals surface area contributed by atoms with Gasteiger partial charge in [0.15, 0.2) is 11.5 Å². The van der Waals surface area contributed by atoms with Gasteiger partial charge in [0.05, 0.1) is 27.1 Å². The van der Waals surface area contributed by atoms with Gasteiger partial charge in [-0.1, -0.05) is 0 Å². The topological polar surface area (TPSA) is 72.0 Å². The molecule has 0 aliphatic carbocycles. The molecule has 30 heavy (non-hydrogen) atoms. The fourth-order valence-corrected chi connectivity index (χ4v) is 3.68. The van der Waals surface area contributed by atoms with Crippen LogP contribution >= 0.6 is 0 Å². The molecule has 160 valence electrons. The van der Waals surface area contributed by atoms with Gasteiger partial charge in [-0.3, -0.25) is 19.5 Å². The summed E-state index contributed by atoms with van der Waals surface area (Å²) in [5.41, 5.74) is 2.89. The molecule has 0 bridgehead atoms. The predicted molar refractivity (Wildman–Crippen MR) is 114 cm³/mol. The molecule has 3 rings (SSSR count). The average molecular weight is 412 g/mol. The molecule has 0 saturated carbocycles. The van der Waals surface area contributed by atoms with Gasteiger partial charge in [0.2, 0.25) is 11.8 Å². The van der Waals surface area contributed by atoms with Crippen molar-refractivity contribution < 1.29 is 19.1 Å². The largest absolute Gasteiger partial charge is 0.493 e. The summed E-state index contributed by atoms with van der Waals surface area (Å²) in [7, 11) is 5.18. The lowest BCUT2D eigenvalue weighted by molar-refractivity contribution is -0.143. The Morgan fingerprint density at radius 1 is 0.967 bits per heavy atom. The Kier molecular flexibility index (Phi) is 7.41. The van der Waals surface area contributed by atoms with Crippen LogP contribution in [0.4, 0.5) is 0 Å². The SMILES string of the molecule is COc1cc2c(cc1OC)CC(=O)N(CCCN(C)CCc1ccncc1)C(=O)C2. The van der Waals surface area contributed by atoms with Crippen LogP contribution in [0.15, 0.2) is 36.7 Å². The minimum atomic E-state index is -0.162. The van der Waals surface area contributed by atoms with E-state index in [0.29, 0.717) is 18.0 Å². The molecule has 0 fully saturated rings. The number of aromatic nitrogens is 1. The fourth-order valence-electron chi connectivity index (χ4n) is 3.68. The summed E-state index contributed by atoms with van der Waals surface area (Å²) in [4.78, 5) is 33.1. The molecule has 7 heteroatoms. The second-order valence-corrected chi connectivity index (χ2v) is 7.53. The van der Waals surface area contributed by atoms with Gasteiger partial charge in [-0.25, -0.2) is 0 Å². The monoisotopic (exact) mass is 411 g/mol. The van der Waals surface area contributed by atoms with E-state index in [0.717, 1.165) is 37.1 Å². The van der Waals surface area contributed by atoms with Gasteiger partial charge in [-0.05, 0) is 67.4 Å². The van der Waals surface area contributed by atoms with Crippen molar-refractivity contribution in [3.05, 3.63) is 53.3 Å². The quantitative estimate of drug-likeness (QED) is 0.589. The van der Waals surface area contributed by atoms with Gasteiger partial charge in [0, 0.05) is 25.5 Å². The lowest BCUT2D eigenvalue weighted by atomic mass is 10.0. The lowest BCUT2D eigenvalue weighted by Crippen LogP contribution is -2.39. The van der Waals surface area contributed by atoms with Crippen LogP contribution in [0.1, 0.15) is 23.1 Å². The molecule has 0 saturated heterocycles. The van der Waals surface area contributed by atoms with Crippen molar-refractivity contribution >= 4 is 11.8 Å². The summed E-state index contributed by atoms with van der Waals surface area (Å²) in [6.45, 7) is 2.16. The van der Waals surface area contributed by atoms with Crippen molar-refractivity contribution in [3.8, 4) is 11.5 Å². The van der Waals surface area contributed by atoms with E-state index in [9.17, 15) is 9.59 Å². The Morgan fingerprint density at radius 3 is 2.07 bits per heavy atom. The molecule has 0 atom stereocenters. The zero-order valence-electron chi connectivity index (χ0n) is 17.9. The van der Waals surface area contributed by atoms with E-state index >= 15 is 0 Å². The van der Waals surface area contributed by atoms with Crippen LogP contribution in [0.3, 0.4) is 0 Å². The number of benzene rings is 1. The maximum Gasteiger partial charge on any atom is 0.233 e. The number of rotatable bonds is 9. The van der Waals surface area contributed by atoms with Gasteiger partial charge in [-0.15, -0.1) is 0 Å². The number of ether oxygens (including phenoxy) is 2. The number of imide groups is 1. The standard InChI is InChI=1S/C23H29N3O4/c1-25(12-7-17-5-8-24-9-6-17)10-4-11-26-22(27)15-18-13-20(29-2)21(30-3)14-19(18)16-23(26)28/h5-6,8-9,13-14H,4,7,10-12,15-16H2,1-3H3. The molecule has 0 spiro atoms. The number of likely N-dealkylation sites (N-methyl/N-ethyl adjacent to an activating group) is 1. The molecule has 0 N–H and O–H groups in total. The lowest BCUT2D eigenvalue weighted by Gasteiger charge is -2.21. The number of hydrogen-bond acceptors (Lipinski definition) is 6. The van der Waals surface area contributed by atoms with Crippen molar-refractivity contribution in [3.63, 3.8) is 0 Å². The first kappa shape index (κ1) is 21.8. The summed E-state index contributed by atoms with van der Waals surface area (Å²) >= 11 is 0. The number of methoxy groups -OCH3 is 2. The Hall–Kier alpha value is -2.93. The summed E-state index contributed by atoms with van der Waals surface area (Å²) in [6.07, 6.45) is 5.68. The number of pyridine rings is 1. The minimum absolute atomic E-state index is 0.162. The fraction of sp³-hybridized carbons (Fsp3) is 0.435. The molecule has 1 aliphatic heterocycles. The van der Waals surface area contributed by atoms with Gasteiger partial charge >= 0.3 is 0 Å². The number of carbonyl (C=O) groups is 2. The molecular formula is C23H29N3O4. The van der Waals surface area contributed by atoms with E-state index < -0.39 is 0 Å². The van der Waals surface area contributed by atoms with Crippen molar-refractivity contribution in [2.24, 2.45) is 0 Å². The van der Waals surface area contributed by atoms with Crippen molar-refractivity contribution in [2.75, 3.05) is 40.9 Å². The minimum Gasteiger partial charge on any atom is -0.493 e. The summed E-state index contributed by atoms with van der Waals surface area (Å²) < 4.78 is 10.7. The van der Waals surface area contributed by atoms with Gasteiger partial charge in [0.25, 0.3) is 0 Å². The highest BCUT2D eigenvalue weighted by molar-refractivity contribution is 5.99. The summed E-state index contributed by atoms with van der Waals surface area (Å²) in [5.74, 6) is 0.817. The predicted octanol–water partition coefficient (Wildman–Crippen LogP) is 2.12. The third-order valence-electron chi connectivity index (χ3n) is 5.44. The molecule has 0 radical (unpaired) electrons. The highest BCUT2D eigenvalue weighted by atomic mass is 16.5. The Labute approximate surface area is 177 Å². The second-order valence-electron chi connectivity index (χ2n) is 7.53. The molecule has 7 nitrogen and oxygen atoms in total. The summed E-state index contributed by atoms with van der Waals surface area (Å²) in [5, 5.41) is 0. The van der Waals surface area contributed by atoms with Crippen LogP contribution in [0, 0.1) is 0 Å². The van der Waals surface area contributed by atoms with Crippen molar-refractivity contribution in [1.29, 1.82) is 0 Å². The molecular weight excluding hydrogens is 382 g/mol. The van der Waals surface area contributed by atoms with Gasteiger partial charge in [-0.2, -0.15) is 0 Å². The molecule has 2 heterocycles. The first-order valence-corrected chi connectivity index (χ1v) is 10.2. The molecule has 2 amide bonds. The normalized spacial score (nSPS) is 13.9. The Balaban J connectivity index is 1.55. The second kappa shape index (κ2) is 10.2. The van der Waals surface area contributed by atoms with E-state index in [1.807, 2.05) is 12.1 Å². The Bertz CT molecular complexity index is 841. The number of carbonyl (C=O) groups excluding carboxylic acids is 2. The maximum absolute atomic E-state index is 12.7. The molecule has 0 unspecified atom stereocenters. The number of nitrogens with zero attached hydrogens (tertiary/aromatic N) is 3. The molecule has 1 aliphatic rings. The van der Waals surface area contributed by atoms with Crippen molar-refractivity contribution in [1.82, 2.24) is 14.8 Å². The highest BCUT2D eigenvalue weighted by Gasteiger charge is 2.28. The Morgan fingerprint density at radius 2 is 1.53 bits per heavy atom. The highest BCUT2D eigenvalue weighted by Crippen LogP contribution is 2.32. The van der Waals surface area contributed by atoms with Crippen LogP contribution in [-0.2, 0) is 28.9 Å². The molecule has 2 aromatic rings. The van der Waals surface area contributed by atoms with Crippen LogP contribution in [0.2, 0.25) is 0 Å². The summed E-state index contributed by atoms with van der Waals surface area (Å²) in [6, 6.07) is 7.64. The van der Waals surface area contributed by atoms with Crippen LogP contribution in [0.25, 0.3) is 0 Å². The first-order valence-electron chi connectivity index (χ1n) is 10.2. The average Bonchev–Trinajstić information content (AvgIpc) is 2.87. The zero-order chi connectivity index (χ0) is 21.5. The van der Waals surface area contributed by atoms with Crippen molar-refractivity contribution in [2.45, 2.75) is 25.7 Å².